The Morgan fingerprint density at radius 3 is 1.53 bits per heavy atom. The summed E-state index contributed by atoms with van der Waals surface area (Å²) in [5, 5.41) is 7.35. The Labute approximate surface area is 261 Å². The van der Waals surface area contributed by atoms with Crippen molar-refractivity contribution < 1.29 is 4.42 Å². The molecule has 0 saturated carbocycles. The number of para-hydroxylation sites is 1. The van der Waals surface area contributed by atoms with Gasteiger partial charge in [0.25, 0.3) is 0 Å². The summed E-state index contributed by atoms with van der Waals surface area (Å²) >= 11 is 0. The lowest BCUT2D eigenvalue weighted by atomic mass is 9.84. The number of rotatable bonds is 4. The maximum absolute atomic E-state index is 6.22. The number of furan rings is 1. The second-order valence-electron chi connectivity index (χ2n) is 11.6. The minimum Gasteiger partial charge on any atom is -0.456 e. The van der Waals surface area contributed by atoms with Gasteiger partial charge in [-0.3, -0.25) is 0 Å². The van der Waals surface area contributed by atoms with E-state index in [1.165, 1.54) is 66.1 Å². The Hall–Kier alpha value is -5.92. The highest BCUT2D eigenvalue weighted by Crippen LogP contribution is 2.45. The second kappa shape index (κ2) is 10.4. The van der Waals surface area contributed by atoms with E-state index in [0.717, 1.165) is 21.9 Å². The van der Waals surface area contributed by atoms with Crippen molar-refractivity contribution >= 4 is 43.5 Å². The maximum Gasteiger partial charge on any atom is 0.136 e. The van der Waals surface area contributed by atoms with Crippen LogP contribution in [0.25, 0.3) is 88.0 Å². The van der Waals surface area contributed by atoms with E-state index in [9.17, 15) is 0 Å². The summed E-state index contributed by atoms with van der Waals surface area (Å²) in [5.74, 6) is 0. The minimum absolute atomic E-state index is 0.914. The van der Waals surface area contributed by atoms with E-state index in [2.05, 4.69) is 158 Å². The zero-order chi connectivity index (χ0) is 29.7. The van der Waals surface area contributed by atoms with Crippen LogP contribution in [0.4, 0.5) is 0 Å². The molecule has 0 aliphatic carbocycles. The van der Waals surface area contributed by atoms with Crippen LogP contribution in [0.15, 0.2) is 174 Å². The third-order valence-corrected chi connectivity index (χ3v) is 9.06. The Bertz CT molecular complexity index is 2520. The van der Waals surface area contributed by atoms with Crippen LogP contribution >= 0.6 is 0 Å². The van der Waals surface area contributed by atoms with Gasteiger partial charge in [0.05, 0.1) is 0 Å². The average molecular weight is 573 g/mol. The fraction of sp³-hybridized carbons (Fsp3) is 0. The van der Waals surface area contributed by atoms with Gasteiger partial charge in [0.2, 0.25) is 0 Å². The van der Waals surface area contributed by atoms with E-state index in [1.54, 1.807) is 0 Å². The standard InChI is InChI=1S/C44H28O/c1-3-13-29(14-4-1)42-35-19-7-8-20-36(35)43(30-15-5-2-6-16-30)39-28-32(25-26-37(39)42)31-17-11-18-33(27-31)34-22-12-24-41-44(34)38-21-9-10-23-40(38)45-41/h1-28H. The Morgan fingerprint density at radius 1 is 0.289 bits per heavy atom. The number of fused-ring (bicyclic) bond motifs is 5. The van der Waals surface area contributed by atoms with Gasteiger partial charge in [0.1, 0.15) is 11.2 Å². The zero-order valence-electron chi connectivity index (χ0n) is 24.6. The first kappa shape index (κ1) is 25.6. The molecule has 8 aromatic carbocycles. The molecule has 0 amide bonds. The van der Waals surface area contributed by atoms with Crippen molar-refractivity contribution in [1.82, 2.24) is 0 Å². The van der Waals surface area contributed by atoms with Crippen molar-refractivity contribution in [3.63, 3.8) is 0 Å². The van der Waals surface area contributed by atoms with E-state index in [4.69, 9.17) is 4.42 Å². The van der Waals surface area contributed by atoms with Crippen LogP contribution in [0.1, 0.15) is 0 Å². The Balaban J connectivity index is 1.30. The summed E-state index contributed by atoms with van der Waals surface area (Å²) in [5.41, 5.74) is 11.6. The van der Waals surface area contributed by atoms with Gasteiger partial charge in [-0.15, -0.1) is 0 Å². The summed E-state index contributed by atoms with van der Waals surface area (Å²) in [7, 11) is 0. The highest BCUT2D eigenvalue weighted by atomic mass is 16.3. The van der Waals surface area contributed by atoms with Crippen LogP contribution in [0.3, 0.4) is 0 Å². The molecule has 9 aromatic rings. The lowest BCUT2D eigenvalue weighted by Crippen LogP contribution is -1.91. The summed E-state index contributed by atoms with van der Waals surface area (Å²) in [4.78, 5) is 0. The van der Waals surface area contributed by atoms with E-state index in [1.807, 2.05) is 12.1 Å². The molecule has 9 rings (SSSR count). The highest BCUT2D eigenvalue weighted by molar-refractivity contribution is 6.22. The number of hydrogen-bond acceptors (Lipinski definition) is 1. The third kappa shape index (κ3) is 4.17. The second-order valence-corrected chi connectivity index (χ2v) is 11.6. The largest absolute Gasteiger partial charge is 0.456 e. The van der Waals surface area contributed by atoms with Crippen molar-refractivity contribution in [1.29, 1.82) is 0 Å². The lowest BCUT2D eigenvalue weighted by molar-refractivity contribution is 0.669. The SMILES string of the molecule is c1ccc(-c2c3ccccc3c(-c3ccccc3)c3cc(-c4cccc(-c5cccc6oc7ccccc7c56)c4)ccc23)cc1. The molecule has 1 nitrogen and oxygen atoms in total. The van der Waals surface area contributed by atoms with Crippen LogP contribution in [-0.2, 0) is 0 Å². The molecule has 0 radical (unpaired) electrons. The normalized spacial score (nSPS) is 11.6. The van der Waals surface area contributed by atoms with Crippen molar-refractivity contribution in [2.24, 2.45) is 0 Å². The molecule has 1 heterocycles. The number of benzene rings is 8. The zero-order valence-corrected chi connectivity index (χ0v) is 24.6. The van der Waals surface area contributed by atoms with Gasteiger partial charge >= 0.3 is 0 Å². The van der Waals surface area contributed by atoms with Crippen LogP contribution in [0, 0.1) is 0 Å². The van der Waals surface area contributed by atoms with E-state index in [-0.39, 0.29) is 0 Å². The fourth-order valence-corrected chi connectivity index (χ4v) is 7.07. The summed E-state index contributed by atoms with van der Waals surface area (Å²) in [6.45, 7) is 0. The predicted octanol–water partition coefficient (Wildman–Crippen LogP) is 12.6. The molecule has 0 unspecified atom stereocenters. The van der Waals surface area contributed by atoms with Crippen LogP contribution < -0.4 is 0 Å². The molecule has 1 aromatic heterocycles. The Morgan fingerprint density at radius 2 is 0.800 bits per heavy atom. The first-order valence-corrected chi connectivity index (χ1v) is 15.4. The van der Waals surface area contributed by atoms with E-state index < -0.39 is 0 Å². The molecule has 45 heavy (non-hydrogen) atoms. The molecule has 0 spiro atoms. The molecular weight excluding hydrogens is 544 g/mol. The van der Waals surface area contributed by atoms with E-state index >= 15 is 0 Å². The molecule has 0 aliphatic heterocycles. The molecule has 0 fully saturated rings. The molecular formula is C44H28O. The van der Waals surface area contributed by atoms with Gasteiger partial charge in [-0.2, -0.15) is 0 Å². The molecule has 0 bridgehead atoms. The lowest BCUT2D eigenvalue weighted by Gasteiger charge is -2.19. The van der Waals surface area contributed by atoms with Gasteiger partial charge in [-0.1, -0.05) is 146 Å². The van der Waals surface area contributed by atoms with Gasteiger partial charge in [0, 0.05) is 10.8 Å². The summed E-state index contributed by atoms with van der Waals surface area (Å²) < 4.78 is 6.22. The van der Waals surface area contributed by atoms with Gasteiger partial charge in [-0.05, 0) is 90.3 Å². The Kier molecular flexibility index (Phi) is 5.89. The van der Waals surface area contributed by atoms with Crippen LogP contribution in [0.5, 0.6) is 0 Å². The van der Waals surface area contributed by atoms with Crippen LogP contribution in [-0.4, -0.2) is 0 Å². The summed E-state index contributed by atoms with van der Waals surface area (Å²) in [6, 6.07) is 61.0. The first-order chi connectivity index (χ1) is 22.3. The van der Waals surface area contributed by atoms with Crippen LogP contribution in [0.2, 0.25) is 0 Å². The van der Waals surface area contributed by atoms with E-state index in [0.29, 0.717) is 0 Å². The maximum atomic E-state index is 6.22. The highest BCUT2D eigenvalue weighted by Gasteiger charge is 2.18. The van der Waals surface area contributed by atoms with Gasteiger partial charge in [-0.25, -0.2) is 0 Å². The molecule has 0 N–H and O–H groups in total. The molecule has 0 saturated heterocycles. The topological polar surface area (TPSA) is 13.1 Å². The van der Waals surface area contributed by atoms with Crippen molar-refractivity contribution in [3.8, 4) is 44.5 Å². The quantitative estimate of drug-likeness (QED) is 0.191. The smallest absolute Gasteiger partial charge is 0.136 e. The predicted molar refractivity (Wildman–Crippen MR) is 190 cm³/mol. The molecule has 210 valence electrons. The number of hydrogen-bond donors (Lipinski definition) is 0. The summed E-state index contributed by atoms with van der Waals surface area (Å²) in [6.07, 6.45) is 0. The molecule has 0 atom stereocenters. The molecule has 0 aliphatic rings. The minimum atomic E-state index is 0.914. The fourth-order valence-electron chi connectivity index (χ4n) is 7.07. The van der Waals surface area contributed by atoms with Crippen molar-refractivity contribution in [2.45, 2.75) is 0 Å². The van der Waals surface area contributed by atoms with Crippen molar-refractivity contribution in [3.05, 3.63) is 170 Å². The van der Waals surface area contributed by atoms with Crippen molar-refractivity contribution in [2.75, 3.05) is 0 Å². The van der Waals surface area contributed by atoms with Gasteiger partial charge in [0.15, 0.2) is 0 Å². The first-order valence-electron chi connectivity index (χ1n) is 15.4. The third-order valence-electron chi connectivity index (χ3n) is 9.06. The monoisotopic (exact) mass is 572 g/mol. The molecule has 1 heteroatoms. The van der Waals surface area contributed by atoms with Gasteiger partial charge < -0.3 is 4.42 Å². The average Bonchev–Trinajstić information content (AvgIpc) is 3.50.